The molecule has 2 rings (SSSR count). The number of benzene rings is 2. The molecule has 0 aliphatic rings. The molecule has 0 aliphatic heterocycles. The quantitative estimate of drug-likeness (QED) is 0.583. The molecule has 0 radical (unpaired) electrons. The maximum atomic E-state index is 13.7. The van der Waals surface area contributed by atoms with Gasteiger partial charge in [-0.1, -0.05) is 17.7 Å². The first-order chi connectivity index (χ1) is 13.6. The third-order valence-corrected chi connectivity index (χ3v) is 5.52. The molecular formula is C19H22FN3O4S2. The first-order valence-electron chi connectivity index (χ1n) is 8.61. The Morgan fingerprint density at radius 2 is 1.93 bits per heavy atom. The van der Waals surface area contributed by atoms with E-state index < -0.39 is 38.6 Å². The molecule has 0 aromatic heterocycles. The highest BCUT2D eigenvalue weighted by molar-refractivity contribution is 7.98. The van der Waals surface area contributed by atoms with Gasteiger partial charge in [-0.3, -0.25) is 9.59 Å². The van der Waals surface area contributed by atoms with Crippen molar-refractivity contribution in [3.63, 3.8) is 0 Å². The SMILES string of the molecule is CSCCC(NC(=O)c1cccc(C)c1)C(=O)Nc1cc(F)cc(S(N)(=O)=O)c1. The topological polar surface area (TPSA) is 118 Å². The minimum absolute atomic E-state index is 0.0713. The summed E-state index contributed by atoms with van der Waals surface area (Å²) in [7, 11) is -4.14. The molecule has 156 valence electrons. The molecule has 0 fully saturated rings. The van der Waals surface area contributed by atoms with E-state index in [0.717, 1.165) is 23.8 Å². The molecule has 0 heterocycles. The summed E-state index contributed by atoms with van der Waals surface area (Å²) in [5.74, 6) is -1.28. The first-order valence-corrected chi connectivity index (χ1v) is 11.5. The fraction of sp³-hybridized carbons (Fsp3) is 0.263. The Morgan fingerprint density at radius 1 is 1.21 bits per heavy atom. The molecule has 1 atom stereocenters. The number of thioether (sulfide) groups is 1. The molecule has 2 aromatic carbocycles. The number of primary sulfonamides is 1. The van der Waals surface area contributed by atoms with Gasteiger partial charge in [0.05, 0.1) is 4.90 Å². The molecule has 2 aromatic rings. The van der Waals surface area contributed by atoms with Crippen molar-refractivity contribution < 1.29 is 22.4 Å². The molecule has 0 aliphatic carbocycles. The second-order valence-corrected chi connectivity index (χ2v) is 8.93. The van der Waals surface area contributed by atoms with Gasteiger partial charge < -0.3 is 10.6 Å². The van der Waals surface area contributed by atoms with E-state index in [4.69, 9.17) is 5.14 Å². The number of amides is 2. The van der Waals surface area contributed by atoms with Crippen molar-refractivity contribution in [3.05, 3.63) is 59.4 Å². The lowest BCUT2D eigenvalue weighted by Gasteiger charge is -2.18. The molecular weight excluding hydrogens is 417 g/mol. The number of hydrogen-bond donors (Lipinski definition) is 3. The Bertz CT molecular complexity index is 1010. The van der Waals surface area contributed by atoms with Gasteiger partial charge in [0.1, 0.15) is 11.9 Å². The van der Waals surface area contributed by atoms with Gasteiger partial charge in [0, 0.05) is 11.3 Å². The minimum atomic E-state index is -4.14. The minimum Gasteiger partial charge on any atom is -0.340 e. The number of carbonyl (C=O) groups excluding carboxylic acids is 2. The van der Waals surface area contributed by atoms with Crippen LogP contribution < -0.4 is 15.8 Å². The molecule has 1 unspecified atom stereocenters. The summed E-state index contributed by atoms with van der Waals surface area (Å²) < 4.78 is 36.7. The number of halogens is 1. The molecule has 2 amide bonds. The number of nitrogens with two attached hydrogens (primary N) is 1. The monoisotopic (exact) mass is 439 g/mol. The van der Waals surface area contributed by atoms with Gasteiger partial charge in [-0.2, -0.15) is 11.8 Å². The number of rotatable bonds is 8. The van der Waals surface area contributed by atoms with E-state index in [-0.39, 0.29) is 5.69 Å². The van der Waals surface area contributed by atoms with Crippen LogP contribution >= 0.6 is 11.8 Å². The van der Waals surface area contributed by atoms with Crippen LogP contribution in [0, 0.1) is 12.7 Å². The third-order valence-electron chi connectivity index (χ3n) is 3.98. The van der Waals surface area contributed by atoms with Gasteiger partial charge in [-0.25, -0.2) is 17.9 Å². The highest BCUT2D eigenvalue weighted by Crippen LogP contribution is 2.18. The second kappa shape index (κ2) is 9.86. The second-order valence-electron chi connectivity index (χ2n) is 6.39. The van der Waals surface area contributed by atoms with Crippen molar-refractivity contribution in [1.29, 1.82) is 0 Å². The molecule has 0 spiro atoms. The molecule has 0 saturated carbocycles. The van der Waals surface area contributed by atoms with E-state index in [9.17, 15) is 22.4 Å². The van der Waals surface area contributed by atoms with Gasteiger partial charge in [0.15, 0.2) is 0 Å². The first kappa shape index (κ1) is 22.9. The van der Waals surface area contributed by atoms with Crippen LogP contribution in [0.5, 0.6) is 0 Å². The van der Waals surface area contributed by atoms with Crippen molar-refractivity contribution in [3.8, 4) is 0 Å². The predicted octanol–water partition coefficient (Wildman–Crippen LogP) is 2.27. The Kier molecular flexibility index (Phi) is 7.77. The summed E-state index contributed by atoms with van der Waals surface area (Å²) in [5.41, 5.74) is 1.24. The molecule has 29 heavy (non-hydrogen) atoms. The van der Waals surface area contributed by atoms with Crippen molar-refractivity contribution >= 4 is 39.3 Å². The zero-order chi connectivity index (χ0) is 21.6. The normalized spacial score (nSPS) is 12.3. The van der Waals surface area contributed by atoms with E-state index >= 15 is 0 Å². The number of aryl methyl sites for hydroxylation is 1. The molecule has 0 saturated heterocycles. The van der Waals surface area contributed by atoms with Crippen molar-refractivity contribution in [2.45, 2.75) is 24.3 Å². The lowest BCUT2D eigenvalue weighted by Crippen LogP contribution is -2.44. The molecule has 10 heteroatoms. The average Bonchev–Trinajstić information content (AvgIpc) is 2.63. The van der Waals surface area contributed by atoms with Crippen LogP contribution in [0.25, 0.3) is 0 Å². The van der Waals surface area contributed by atoms with Crippen molar-refractivity contribution in [1.82, 2.24) is 5.32 Å². The zero-order valence-electron chi connectivity index (χ0n) is 15.9. The highest BCUT2D eigenvalue weighted by atomic mass is 32.2. The largest absolute Gasteiger partial charge is 0.340 e. The summed E-state index contributed by atoms with van der Waals surface area (Å²) in [6, 6.07) is 8.82. The van der Waals surface area contributed by atoms with E-state index in [1.54, 1.807) is 18.2 Å². The summed E-state index contributed by atoms with van der Waals surface area (Å²) in [6.07, 6.45) is 2.20. The van der Waals surface area contributed by atoms with Crippen molar-refractivity contribution in [2.24, 2.45) is 5.14 Å². The van der Waals surface area contributed by atoms with Gasteiger partial charge in [0.25, 0.3) is 5.91 Å². The van der Waals surface area contributed by atoms with Gasteiger partial charge in [-0.15, -0.1) is 0 Å². The maximum Gasteiger partial charge on any atom is 0.251 e. The fourth-order valence-electron chi connectivity index (χ4n) is 2.56. The highest BCUT2D eigenvalue weighted by Gasteiger charge is 2.22. The van der Waals surface area contributed by atoms with Crippen molar-refractivity contribution in [2.75, 3.05) is 17.3 Å². The Morgan fingerprint density at radius 3 is 2.55 bits per heavy atom. The molecule has 7 nitrogen and oxygen atoms in total. The van der Waals surface area contributed by atoms with E-state index in [1.807, 2.05) is 19.2 Å². The number of carbonyl (C=O) groups is 2. The van der Waals surface area contributed by atoms with E-state index in [1.165, 1.54) is 11.8 Å². The van der Waals surface area contributed by atoms with Gasteiger partial charge >= 0.3 is 0 Å². The lowest BCUT2D eigenvalue weighted by molar-refractivity contribution is -0.118. The summed E-state index contributed by atoms with van der Waals surface area (Å²) in [4.78, 5) is 24.7. The smallest absolute Gasteiger partial charge is 0.251 e. The van der Waals surface area contributed by atoms with Crippen LogP contribution in [-0.2, 0) is 14.8 Å². The van der Waals surface area contributed by atoms with Gasteiger partial charge in [0.2, 0.25) is 15.9 Å². The number of hydrogen-bond acceptors (Lipinski definition) is 5. The standard InChI is InChI=1S/C19H22FN3O4S2/c1-12-4-3-5-13(8-12)18(24)23-17(6-7-28-2)19(25)22-15-9-14(20)10-16(11-15)29(21,26)27/h3-5,8-11,17H,6-7H2,1-2H3,(H,22,25)(H,23,24)(H2,21,26,27). The Hall–Kier alpha value is -2.43. The molecule has 0 bridgehead atoms. The van der Waals surface area contributed by atoms with E-state index in [0.29, 0.717) is 17.7 Å². The van der Waals surface area contributed by atoms with Crippen LogP contribution in [0.3, 0.4) is 0 Å². The zero-order valence-corrected chi connectivity index (χ0v) is 17.6. The summed E-state index contributed by atoms with van der Waals surface area (Å²) >= 11 is 1.50. The Balaban J connectivity index is 2.21. The van der Waals surface area contributed by atoms with Crippen LogP contribution in [0.15, 0.2) is 47.4 Å². The predicted molar refractivity (Wildman–Crippen MR) is 112 cm³/mol. The lowest BCUT2D eigenvalue weighted by atomic mass is 10.1. The van der Waals surface area contributed by atoms with Crippen LogP contribution in [-0.4, -0.2) is 38.3 Å². The average molecular weight is 440 g/mol. The van der Waals surface area contributed by atoms with Gasteiger partial charge in [-0.05, 0) is 55.7 Å². The summed E-state index contributed by atoms with van der Waals surface area (Å²) in [6.45, 7) is 1.85. The van der Waals surface area contributed by atoms with Crippen LogP contribution in [0.2, 0.25) is 0 Å². The van der Waals surface area contributed by atoms with Crippen LogP contribution in [0.4, 0.5) is 10.1 Å². The third kappa shape index (κ3) is 6.84. The number of sulfonamides is 1. The molecule has 4 N–H and O–H groups in total. The maximum absolute atomic E-state index is 13.7. The van der Waals surface area contributed by atoms with E-state index in [2.05, 4.69) is 10.6 Å². The fourth-order valence-corrected chi connectivity index (χ4v) is 3.60. The number of anilines is 1. The Labute approximate surface area is 173 Å². The number of nitrogens with one attached hydrogen (secondary N) is 2. The summed E-state index contributed by atoms with van der Waals surface area (Å²) in [5, 5.41) is 10.1. The van der Waals surface area contributed by atoms with Crippen LogP contribution in [0.1, 0.15) is 22.3 Å².